The second-order valence-electron chi connectivity index (χ2n) is 3.83. The van der Waals surface area contributed by atoms with Crippen LogP contribution in [0.5, 0.6) is 0 Å². The molecule has 0 aliphatic carbocycles. The normalized spacial score (nSPS) is 10.3. The highest BCUT2D eigenvalue weighted by Gasteiger charge is 2.11. The maximum atomic E-state index is 13.7. The molecule has 0 atom stereocenters. The molecule has 2 rings (SSSR count). The Morgan fingerprint density at radius 1 is 1.21 bits per heavy atom. The summed E-state index contributed by atoms with van der Waals surface area (Å²) in [5.74, 6) is -0.673. The van der Waals surface area contributed by atoms with Crippen LogP contribution < -0.4 is 10.6 Å². The average Bonchev–Trinajstić information content (AvgIpc) is 2.35. The molecule has 0 radical (unpaired) electrons. The van der Waals surface area contributed by atoms with Crippen LogP contribution in [0.4, 0.5) is 26.0 Å². The number of benzene rings is 1. The molecule has 0 saturated carbocycles. The van der Waals surface area contributed by atoms with Gasteiger partial charge in [0.1, 0.15) is 11.5 Å². The van der Waals surface area contributed by atoms with Gasteiger partial charge in [-0.1, -0.05) is 15.9 Å². The zero-order valence-electron chi connectivity index (χ0n) is 10.2. The first-order valence-corrected chi connectivity index (χ1v) is 6.51. The second kappa shape index (κ2) is 5.97. The maximum absolute atomic E-state index is 13.7. The molecule has 0 fully saturated rings. The Morgan fingerprint density at radius 3 is 2.53 bits per heavy atom. The fourth-order valence-electron chi connectivity index (χ4n) is 1.59. The van der Waals surface area contributed by atoms with Crippen LogP contribution in [0, 0.1) is 11.6 Å². The first-order valence-electron chi connectivity index (χ1n) is 5.71. The molecular weight excluding hydrogens is 316 g/mol. The molecule has 2 aromatic rings. The summed E-state index contributed by atoms with van der Waals surface area (Å²) >= 11 is 3.04. The lowest BCUT2D eigenvalue weighted by molar-refractivity contribution is 0.589. The SMILES string of the molecule is CCNc1cc(Nc2c(F)cc(Br)cc2F)ccn1. The van der Waals surface area contributed by atoms with Crippen LogP contribution in [0.25, 0.3) is 0 Å². The molecule has 0 saturated heterocycles. The number of rotatable bonds is 4. The molecule has 0 aliphatic heterocycles. The molecule has 0 unspecified atom stereocenters. The van der Waals surface area contributed by atoms with Crippen molar-refractivity contribution in [2.24, 2.45) is 0 Å². The van der Waals surface area contributed by atoms with Crippen molar-refractivity contribution in [2.75, 3.05) is 17.2 Å². The van der Waals surface area contributed by atoms with E-state index in [0.717, 1.165) is 6.54 Å². The van der Waals surface area contributed by atoms with Crippen LogP contribution in [0.2, 0.25) is 0 Å². The van der Waals surface area contributed by atoms with Gasteiger partial charge in [-0.25, -0.2) is 13.8 Å². The summed E-state index contributed by atoms with van der Waals surface area (Å²) in [5.41, 5.74) is 0.378. The highest BCUT2D eigenvalue weighted by Crippen LogP contribution is 2.27. The van der Waals surface area contributed by atoms with Crippen LogP contribution in [0.3, 0.4) is 0 Å². The van der Waals surface area contributed by atoms with E-state index >= 15 is 0 Å². The fraction of sp³-hybridized carbons (Fsp3) is 0.154. The van der Waals surface area contributed by atoms with E-state index in [0.29, 0.717) is 16.0 Å². The molecule has 1 aromatic carbocycles. The van der Waals surface area contributed by atoms with Crippen molar-refractivity contribution in [3.05, 3.63) is 46.6 Å². The predicted molar refractivity (Wildman–Crippen MR) is 75.7 cm³/mol. The summed E-state index contributed by atoms with van der Waals surface area (Å²) < 4.78 is 27.7. The summed E-state index contributed by atoms with van der Waals surface area (Å²) in [6.45, 7) is 2.66. The van der Waals surface area contributed by atoms with E-state index in [2.05, 4.69) is 31.5 Å². The molecule has 0 spiro atoms. The third kappa shape index (κ3) is 3.41. The van der Waals surface area contributed by atoms with Crippen molar-refractivity contribution in [2.45, 2.75) is 6.92 Å². The lowest BCUT2D eigenvalue weighted by Crippen LogP contribution is -2.01. The Morgan fingerprint density at radius 2 is 1.89 bits per heavy atom. The molecule has 1 aromatic heterocycles. The molecule has 6 heteroatoms. The highest BCUT2D eigenvalue weighted by molar-refractivity contribution is 9.10. The number of anilines is 3. The molecule has 0 amide bonds. The monoisotopic (exact) mass is 327 g/mol. The van der Waals surface area contributed by atoms with Crippen LogP contribution in [0.15, 0.2) is 34.9 Å². The number of aromatic nitrogens is 1. The van der Waals surface area contributed by atoms with Crippen LogP contribution in [-0.2, 0) is 0 Å². The van der Waals surface area contributed by atoms with Gasteiger partial charge in [0.15, 0.2) is 11.6 Å². The lowest BCUT2D eigenvalue weighted by atomic mass is 10.2. The first kappa shape index (κ1) is 13.7. The molecular formula is C13H12BrF2N3. The molecule has 0 aliphatic rings. The van der Waals surface area contributed by atoms with E-state index in [1.165, 1.54) is 12.1 Å². The zero-order valence-corrected chi connectivity index (χ0v) is 11.8. The number of hydrogen-bond donors (Lipinski definition) is 2. The van der Waals surface area contributed by atoms with E-state index in [4.69, 9.17) is 0 Å². The van der Waals surface area contributed by atoms with Gasteiger partial charge in [0.2, 0.25) is 0 Å². The number of hydrogen-bond acceptors (Lipinski definition) is 3. The second-order valence-corrected chi connectivity index (χ2v) is 4.75. The molecule has 0 bridgehead atoms. The first-order chi connectivity index (χ1) is 9.10. The molecule has 1 heterocycles. The van der Waals surface area contributed by atoms with Crippen molar-refractivity contribution in [1.82, 2.24) is 4.98 Å². The van der Waals surface area contributed by atoms with Crippen molar-refractivity contribution < 1.29 is 8.78 Å². The summed E-state index contributed by atoms with van der Waals surface area (Å²) in [5, 5.41) is 5.74. The lowest BCUT2D eigenvalue weighted by Gasteiger charge is -2.10. The van der Waals surface area contributed by atoms with Crippen LogP contribution >= 0.6 is 15.9 Å². The van der Waals surface area contributed by atoms with Crippen molar-refractivity contribution in [3.8, 4) is 0 Å². The summed E-state index contributed by atoms with van der Waals surface area (Å²) in [7, 11) is 0. The molecule has 3 nitrogen and oxygen atoms in total. The number of pyridine rings is 1. The summed E-state index contributed by atoms with van der Waals surface area (Å²) in [4.78, 5) is 4.08. The van der Waals surface area contributed by atoms with Gasteiger partial charge in [0, 0.05) is 29.0 Å². The van der Waals surface area contributed by atoms with Gasteiger partial charge in [-0.2, -0.15) is 0 Å². The largest absolute Gasteiger partial charge is 0.370 e. The Labute approximate surface area is 118 Å². The zero-order chi connectivity index (χ0) is 13.8. The van der Waals surface area contributed by atoms with E-state index in [1.807, 2.05) is 6.92 Å². The van der Waals surface area contributed by atoms with Crippen molar-refractivity contribution in [3.63, 3.8) is 0 Å². The third-order valence-corrected chi connectivity index (χ3v) is 2.85. The third-order valence-electron chi connectivity index (χ3n) is 2.39. The van der Waals surface area contributed by atoms with E-state index < -0.39 is 11.6 Å². The smallest absolute Gasteiger partial charge is 0.150 e. The summed E-state index contributed by atoms with van der Waals surface area (Å²) in [6, 6.07) is 5.74. The number of halogens is 3. The number of nitrogens with one attached hydrogen (secondary N) is 2. The van der Waals surface area contributed by atoms with E-state index in [-0.39, 0.29) is 5.69 Å². The van der Waals surface area contributed by atoms with Gasteiger partial charge in [-0.3, -0.25) is 0 Å². The minimum absolute atomic E-state index is 0.183. The average molecular weight is 328 g/mol. The van der Waals surface area contributed by atoms with Crippen LogP contribution in [-0.4, -0.2) is 11.5 Å². The molecule has 19 heavy (non-hydrogen) atoms. The fourth-order valence-corrected chi connectivity index (χ4v) is 1.99. The Hall–Kier alpha value is -1.69. The molecule has 100 valence electrons. The van der Waals surface area contributed by atoms with Gasteiger partial charge in [-0.05, 0) is 25.1 Å². The van der Waals surface area contributed by atoms with E-state index in [1.54, 1.807) is 18.3 Å². The van der Waals surface area contributed by atoms with Gasteiger partial charge in [-0.15, -0.1) is 0 Å². The van der Waals surface area contributed by atoms with Gasteiger partial charge >= 0.3 is 0 Å². The topological polar surface area (TPSA) is 37.0 Å². The van der Waals surface area contributed by atoms with Gasteiger partial charge in [0.05, 0.1) is 0 Å². The van der Waals surface area contributed by atoms with Gasteiger partial charge < -0.3 is 10.6 Å². The number of nitrogens with zero attached hydrogens (tertiary/aromatic N) is 1. The van der Waals surface area contributed by atoms with Gasteiger partial charge in [0.25, 0.3) is 0 Å². The Bertz CT molecular complexity index is 567. The maximum Gasteiger partial charge on any atom is 0.150 e. The quantitative estimate of drug-likeness (QED) is 0.879. The van der Waals surface area contributed by atoms with Crippen molar-refractivity contribution >= 4 is 33.1 Å². The van der Waals surface area contributed by atoms with Crippen LogP contribution in [0.1, 0.15) is 6.92 Å². The standard InChI is InChI=1S/C13H12BrF2N3/c1-2-17-12-7-9(3-4-18-12)19-13-10(15)5-8(14)6-11(13)16/h3-7H,2H2,1H3,(H2,17,18,19). The predicted octanol–water partition coefficient (Wildman–Crippen LogP) is 4.30. The molecule has 2 N–H and O–H groups in total. The minimum Gasteiger partial charge on any atom is -0.370 e. The summed E-state index contributed by atoms with van der Waals surface area (Å²) in [6.07, 6.45) is 1.56. The van der Waals surface area contributed by atoms with E-state index in [9.17, 15) is 8.78 Å². The Balaban J connectivity index is 2.28. The minimum atomic E-state index is -0.659. The Kier molecular flexibility index (Phi) is 4.31. The highest BCUT2D eigenvalue weighted by atomic mass is 79.9. The van der Waals surface area contributed by atoms with Crippen molar-refractivity contribution in [1.29, 1.82) is 0 Å².